The molecule has 2 rings (SSSR count). The van der Waals surface area contributed by atoms with Crippen LogP contribution in [0.5, 0.6) is 0 Å². The summed E-state index contributed by atoms with van der Waals surface area (Å²) in [7, 11) is 1.86. The molecule has 0 aromatic carbocycles. The van der Waals surface area contributed by atoms with Gasteiger partial charge < -0.3 is 10.0 Å². The number of carbonyl (C=O) groups excluding carboxylic acids is 1. The molecule has 0 aromatic heterocycles. The zero-order chi connectivity index (χ0) is 13.8. The largest absolute Gasteiger partial charge is 0.394 e. The van der Waals surface area contributed by atoms with E-state index in [4.69, 9.17) is 0 Å². The van der Waals surface area contributed by atoms with Crippen molar-refractivity contribution < 1.29 is 9.90 Å². The van der Waals surface area contributed by atoms with Crippen LogP contribution < -0.4 is 0 Å². The highest BCUT2D eigenvalue weighted by atomic mass is 16.3. The van der Waals surface area contributed by atoms with Gasteiger partial charge in [-0.25, -0.2) is 0 Å². The quantitative estimate of drug-likeness (QED) is 0.772. The van der Waals surface area contributed by atoms with Crippen LogP contribution in [0.15, 0.2) is 0 Å². The number of aliphatic hydroxyl groups is 1. The van der Waals surface area contributed by atoms with Gasteiger partial charge in [0.2, 0.25) is 5.91 Å². The Balaban J connectivity index is 2.15. The average molecular weight is 268 g/mol. The average Bonchev–Trinajstić information content (AvgIpc) is 2.70. The molecule has 0 spiro atoms. The molecule has 2 atom stereocenters. The zero-order valence-electron chi connectivity index (χ0n) is 12.3. The third-order valence-electron chi connectivity index (χ3n) is 4.64. The smallest absolute Gasteiger partial charge is 0.242 e. The summed E-state index contributed by atoms with van der Waals surface area (Å²) in [4.78, 5) is 16.5. The molecule has 2 aliphatic rings. The number of hydrogen-bond acceptors (Lipinski definition) is 3. The molecule has 19 heavy (non-hydrogen) atoms. The second-order valence-electron chi connectivity index (χ2n) is 6.36. The molecule has 1 aliphatic heterocycles. The minimum atomic E-state index is -0.321. The van der Waals surface area contributed by atoms with E-state index in [2.05, 4.69) is 11.8 Å². The van der Waals surface area contributed by atoms with Gasteiger partial charge in [-0.3, -0.25) is 9.69 Å². The van der Waals surface area contributed by atoms with E-state index in [0.29, 0.717) is 12.0 Å². The molecule has 0 aromatic rings. The molecule has 1 amide bonds. The van der Waals surface area contributed by atoms with E-state index >= 15 is 0 Å². The second kappa shape index (κ2) is 6.71. The van der Waals surface area contributed by atoms with Crippen molar-refractivity contribution >= 4 is 5.91 Å². The van der Waals surface area contributed by atoms with Gasteiger partial charge in [0.1, 0.15) is 6.04 Å². The van der Waals surface area contributed by atoms with Crippen molar-refractivity contribution in [1.29, 1.82) is 0 Å². The van der Waals surface area contributed by atoms with Crippen LogP contribution in [-0.4, -0.2) is 59.6 Å². The van der Waals surface area contributed by atoms with Gasteiger partial charge in [-0.05, 0) is 18.8 Å². The number of amides is 1. The molecule has 0 bridgehead atoms. The van der Waals surface area contributed by atoms with E-state index in [1.807, 2.05) is 7.05 Å². The minimum Gasteiger partial charge on any atom is -0.394 e. The van der Waals surface area contributed by atoms with Gasteiger partial charge in [0.15, 0.2) is 0 Å². The number of nitrogens with zero attached hydrogens (tertiary/aromatic N) is 2. The monoisotopic (exact) mass is 268 g/mol. The number of hydrogen-bond donors (Lipinski definition) is 1. The highest BCUT2D eigenvalue weighted by molar-refractivity contribution is 5.82. The Morgan fingerprint density at radius 2 is 1.79 bits per heavy atom. The fourth-order valence-corrected chi connectivity index (χ4v) is 3.67. The summed E-state index contributed by atoms with van der Waals surface area (Å²) in [5.74, 6) is 0.574. The first-order valence-electron chi connectivity index (χ1n) is 7.75. The molecule has 2 fully saturated rings. The first-order chi connectivity index (χ1) is 9.13. The third-order valence-corrected chi connectivity index (χ3v) is 4.64. The number of carbonyl (C=O) groups is 1. The maximum absolute atomic E-state index is 12.4. The Morgan fingerprint density at radius 1 is 1.16 bits per heavy atom. The summed E-state index contributed by atoms with van der Waals surface area (Å²) in [5, 5.41) is 9.67. The molecule has 4 heteroatoms. The minimum absolute atomic E-state index is 0.0492. The van der Waals surface area contributed by atoms with Crippen LogP contribution in [0.2, 0.25) is 0 Å². The molecule has 110 valence electrons. The van der Waals surface area contributed by atoms with Crippen LogP contribution in [-0.2, 0) is 4.79 Å². The first kappa shape index (κ1) is 14.8. The van der Waals surface area contributed by atoms with E-state index in [0.717, 1.165) is 13.1 Å². The van der Waals surface area contributed by atoms with E-state index in [1.165, 1.54) is 38.5 Å². The maximum atomic E-state index is 12.4. The Kier molecular flexibility index (Phi) is 5.22. The molecule has 1 heterocycles. The predicted molar refractivity (Wildman–Crippen MR) is 75.9 cm³/mol. The Morgan fingerprint density at radius 3 is 2.37 bits per heavy atom. The van der Waals surface area contributed by atoms with Crippen molar-refractivity contribution in [3.05, 3.63) is 0 Å². The molecular formula is C15H28N2O2. The summed E-state index contributed by atoms with van der Waals surface area (Å²) in [6.07, 6.45) is 7.52. The SMILES string of the molecule is CC1CN(C)C(=O)C(CO)N(C2CCCCCC2)C1. The molecular weight excluding hydrogens is 240 g/mol. The van der Waals surface area contributed by atoms with Crippen molar-refractivity contribution in [2.24, 2.45) is 5.92 Å². The van der Waals surface area contributed by atoms with Crippen LogP contribution in [0.4, 0.5) is 0 Å². The van der Waals surface area contributed by atoms with Crippen molar-refractivity contribution in [3.8, 4) is 0 Å². The molecule has 1 saturated heterocycles. The summed E-state index contributed by atoms with van der Waals surface area (Å²) < 4.78 is 0. The maximum Gasteiger partial charge on any atom is 0.242 e. The highest BCUT2D eigenvalue weighted by Crippen LogP contribution is 2.26. The summed E-state index contributed by atoms with van der Waals surface area (Å²) in [5.41, 5.74) is 0. The molecule has 4 nitrogen and oxygen atoms in total. The number of aliphatic hydroxyl groups excluding tert-OH is 1. The predicted octanol–water partition coefficient (Wildman–Crippen LogP) is 1.48. The van der Waals surface area contributed by atoms with Gasteiger partial charge in [-0.2, -0.15) is 0 Å². The summed E-state index contributed by atoms with van der Waals surface area (Å²) in [6.45, 7) is 3.89. The lowest BCUT2D eigenvalue weighted by molar-refractivity contribution is -0.136. The topological polar surface area (TPSA) is 43.8 Å². The Labute approximate surface area is 116 Å². The van der Waals surface area contributed by atoms with Crippen LogP contribution in [0, 0.1) is 5.92 Å². The number of rotatable bonds is 2. The lowest BCUT2D eigenvalue weighted by Gasteiger charge is -2.35. The van der Waals surface area contributed by atoms with Crippen molar-refractivity contribution in [2.75, 3.05) is 26.7 Å². The van der Waals surface area contributed by atoms with Gasteiger partial charge in [0.05, 0.1) is 6.61 Å². The zero-order valence-corrected chi connectivity index (χ0v) is 12.3. The van der Waals surface area contributed by atoms with Gasteiger partial charge in [-0.15, -0.1) is 0 Å². The van der Waals surface area contributed by atoms with E-state index < -0.39 is 0 Å². The number of likely N-dealkylation sites (N-methyl/N-ethyl adjacent to an activating group) is 1. The van der Waals surface area contributed by atoms with Gasteiger partial charge in [0.25, 0.3) is 0 Å². The second-order valence-corrected chi connectivity index (χ2v) is 6.36. The summed E-state index contributed by atoms with van der Waals surface area (Å²) >= 11 is 0. The lowest BCUT2D eigenvalue weighted by atomic mass is 10.0. The highest BCUT2D eigenvalue weighted by Gasteiger charge is 2.36. The molecule has 1 N–H and O–H groups in total. The molecule has 1 aliphatic carbocycles. The van der Waals surface area contributed by atoms with E-state index in [-0.39, 0.29) is 18.6 Å². The van der Waals surface area contributed by atoms with Crippen LogP contribution >= 0.6 is 0 Å². The van der Waals surface area contributed by atoms with E-state index in [9.17, 15) is 9.90 Å². The normalized spacial score (nSPS) is 32.2. The van der Waals surface area contributed by atoms with Crippen molar-refractivity contribution in [2.45, 2.75) is 57.5 Å². The molecule has 1 saturated carbocycles. The van der Waals surface area contributed by atoms with Crippen LogP contribution in [0.3, 0.4) is 0 Å². The van der Waals surface area contributed by atoms with Crippen LogP contribution in [0.25, 0.3) is 0 Å². The summed E-state index contributed by atoms with van der Waals surface area (Å²) in [6, 6.07) is 0.163. The lowest BCUT2D eigenvalue weighted by Crippen LogP contribution is -2.51. The van der Waals surface area contributed by atoms with Crippen molar-refractivity contribution in [3.63, 3.8) is 0 Å². The van der Waals surface area contributed by atoms with Gasteiger partial charge >= 0.3 is 0 Å². The van der Waals surface area contributed by atoms with E-state index in [1.54, 1.807) is 4.90 Å². The standard InChI is InChI=1S/C15H28N2O2/c1-12-9-16(2)15(19)14(11-18)17(10-12)13-7-5-3-4-6-8-13/h12-14,18H,3-11H2,1-2H3. The van der Waals surface area contributed by atoms with Crippen LogP contribution in [0.1, 0.15) is 45.4 Å². The van der Waals surface area contributed by atoms with Gasteiger partial charge in [-0.1, -0.05) is 32.6 Å². The fraction of sp³-hybridized carbons (Fsp3) is 0.933. The third kappa shape index (κ3) is 3.48. The van der Waals surface area contributed by atoms with Gasteiger partial charge in [0, 0.05) is 26.2 Å². The first-order valence-corrected chi connectivity index (χ1v) is 7.75. The Bertz CT molecular complexity index is 301. The molecule has 0 radical (unpaired) electrons. The fourth-order valence-electron chi connectivity index (χ4n) is 3.67. The van der Waals surface area contributed by atoms with Crippen molar-refractivity contribution in [1.82, 2.24) is 9.80 Å². The Hall–Kier alpha value is -0.610. The molecule has 2 unspecified atom stereocenters.